The standard InChI is InChI=1S/C14H23N3O/c1-15-14-12(6-5-8-16-14)10-17-9-4-2-3-7-13(17)11-18/h5-6,8,13,18H,2-4,7,9-11H2,1H3,(H,15,16). The molecule has 100 valence electrons. The normalized spacial score (nSPS) is 21.6. The summed E-state index contributed by atoms with van der Waals surface area (Å²) in [6.07, 6.45) is 6.64. The fourth-order valence-electron chi connectivity index (χ4n) is 2.66. The number of anilines is 1. The SMILES string of the molecule is CNc1ncccc1CN1CCCCCC1CO. The van der Waals surface area contributed by atoms with E-state index in [1.165, 1.54) is 24.8 Å². The van der Waals surface area contributed by atoms with E-state index in [0.717, 1.165) is 25.3 Å². The fourth-order valence-corrected chi connectivity index (χ4v) is 2.66. The predicted octanol–water partition coefficient (Wildman–Crippen LogP) is 1.86. The summed E-state index contributed by atoms with van der Waals surface area (Å²) >= 11 is 0. The largest absolute Gasteiger partial charge is 0.395 e. The summed E-state index contributed by atoms with van der Waals surface area (Å²) in [4.78, 5) is 6.73. The van der Waals surface area contributed by atoms with Crippen LogP contribution in [0.25, 0.3) is 0 Å². The molecule has 0 bridgehead atoms. The van der Waals surface area contributed by atoms with E-state index in [0.29, 0.717) is 6.04 Å². The monoisotopic (exact) mass is 249 g/mol. The van der Waals surface area contributed by atoms with Crippen molar-refractivity contribution in [3.05, 3.63) is 23.9 Å². The lowest BCUT2D eigenvalue weighted by Gasteiger charge is -2.28. The first-order valence-corrected chi connectivity index (χ1v) is 6.81. The van der Waals surface area contributed by atoms with Crippen molar-refractivity contribution in [2.24, 2.45) is 0 Å². The first-order valence-electron chi connectivity index (χ1n) is 6.81. The van der Waals surface area contributed by atoms with E-state index in [1.54, 1.807) is 6.20 Å². The summed E-state index contributed by atoms with van der Waals surface area (Å²) in [6, 6.07) is 4.39. The Morgan fingerprint density at radius 1 is 1.44 bits per heavy atom. The average molecular weight is 249 g/mol. The van der Waals surface area contributed by atoms with Crippen LogP contribution in [0, 0.1) is 0 Å². The van der Waals surface area contributed by atoms with E-state index in [4.69, 9.17) is 0 Å². The van der Waals surface area contributed by atoms with Gasteiger partial charge in [0.15, 0.2) is 0 Å². The number of nitrogens with one attached hydrogen (secondary N) is 1. The molecule has 1 saturated heterocycles. The molecule has 2 N–H and O–H groups in total. The van der Waals surface area contributed by atoms with Crippen molar-refractivity contribution >= 4 is 5.82 Å². The van der Waals surface area contributed by atoms with Crippen LogP contribution in [0.5, 0.6) is 0 Å². The molecule has 0 radical (unpaired) electrons. The van der Waals surface area contributed by atoms with Gasteiger partial charge < -0.3 is 10.4 Å². The number of pyridine rings is 1. The Morgan fingerprint density at radius 2 is 2.33 bits per heavy atom. The van der Waals surface area contributed by atoms with Crippen molar-refractivity contribution < 1.29 is 5.11 Å². The molecule has 1 aliphatic rings. The van der Waals surface area contributed by atoms with E-state index in [2.05, 4.69) is 21.3 Å². The third kappa shape index (κ3) is 3.21. The third-order valence-corrected chi connectivity index (χ3v) is 3.71. The van der Waals surface area contributed by atoms with Crippen LogP contribution >= 0.6 is 0 Å². The summed E-state index contributed by atoms with van der Waals surface area (Å²) in [5.74, 6) is 0.943. The van der Waals surface area contributed by atoms with Crippen molar-refractivity contribution in [1.82, 2.24) is 9.88 Å². The zero-order chi connectivity index (χ0) is 12.8. The van der Waals surface area contributed by atoms with Gasteiger partial charge in [0.05, 0.1) is 6.61 Å². The number of hydrogen-bond donors (Lipinski definition) is 2. The van der Waals surface area contributed by atoms with Crippen molar-refractivity contribution in [2.45, 2.75) is 38.3 Å². The van der Waals surface area contributed by atoms with Crippen molar-refractivity contribution in [3.8, 4) is 0 Å². The second kappa shape index (κ2) is 6.71. The van der Waals surface area contributed by atoms with Gasteiger partial charge in [-0.15, -0.1) is 0 Å². The molecule has 1 unspecified atom stereocenters. The molecule has 1 aliphatic heterocycles. The van der Waals surface area contributed by atoms with Gasteiger partial charge in [-0.25, -0.2) is 4.98 Å². The minimum atomic E-state index is 0.259. The molecular formula is C14H23N3O. The minimum Gasteiger partial charge on any atom is -0.395 e. The Kier molecular flexibility index (Phi) is 4.96. The third-order valence-electron chi connectivity index (χ3n) is 3.71. The van der Waals surface area contributed by atoms with Gasteiger partial charge in [0.2, 0.25) is 0 Å². The highest BCUT2D eigenvalue weighted by Crippen LogP contribution is 2.21. The van der Waals surface area contributed by atoms with Crippen LogP contribution in [-0.2, 0) is 6.54 Å². The Balaban J connectivity index is 2.10. The van der Waals surface area contributed by atoms with E-state index < -0.39 is 0 Å². The fraction of sp³-hybridized carbons (Fsp3) is 0.643. The lowest BCUT2D eigenvalue weighted by atomic mass is 10.1. The lowest BCUT2D eigenvalue weighted by Crippen LogP contribution is -2.37. The highest BCUT2D eigenvalue weighted by Gasteiger charge is 2.21. The summed E-state index contributed by atoms with van der Waals surface area (Å²) in [5.41, 5.74) is 1.21. The van der Waals surface area contributed by atoms with Crippen molar-refractivity contribution in [1.29, 1.82) is 0 Å². The Bertz CT molecular complexity index is 370. The van der Waals surface area contributed by atoms with Gasteiger partial charge >= 0.3 is 0 Å². The molecule has 2 heterocycles. The summed E-state index contributed by atoms with van der Waals surface area (Å²) in [5, 5.41) is 12.7. The Hall–Kier alpha value is -1.13. The highest BCUT2D eigenvalue weighted by molar-refractivity contribution is 5.42. The number of rotatable bonds is 4. The number of nitrogens with zero attached hydrogens (tertiary/aromatic N) is 2. The molecule has 0 aliphatic carbocycles. The molecule has 1 aromatic heterocycles. The molecule has 4 nitrogen and oxygen atoms in total. The van der Waals surface area contributed by atoms with Gasteiger partial charge in [0.1, 0.15) is 5.82 Å². The van der Waals surface area contributed by atoms with Crippen molar-refractivity contribution in [3.63, 3.8) is 0 Å². The predicted molar refractivity (Wildman–Crippen MR) is 73.5 cm³/mol. The maximum atomic E-state index is 9.52. The van der Waals surface area contributed by atoms with Gasteiger partial charge in [-0.05, 0) is 25.5 Å². The minimum absolute atomic E-state index is 0.259. The second-order valence-corrected chi connectivity index (χ2v) is 4.92. The van der Waals surface area contributed by atoms with E-state index in [1.807, 2.05) is 13.1 Å². The number of likely N-dealkylation sites (tertiary alicyclic amines) is 1. The van der Waals surface area contributed by atoms with Gasteiger partial charge in [-0.1, -0.05) is 18.9 Å². The number of aliphatic hydroxyl groups is 1. The van der Waals surface area contributed by atoms with Crippen LogP contribution in [0.4, 0.5) is 5.82 Å². The average Bonchev–Trinajstić information content (AvgIpc) is 2.64. The molecule has 0 spiro atoms. The van der Waals surface area contributed by atoms with E-state index >= 15 is 0 Å². The van der Waals surface area contributed by atoms with Gasteiger partial charge in [0, 0.05) is 31.4 Å². The molecular weight excluding hydrogens is 226 g/mol. The molecule has 1 atom stereocenters. The maximum absolute atomic E-state index is 9.52. The first kappa shape index (κ1) is 13.3. The first-order chi connectivity index (χ1) is 8.85. The van der Waals surface area contributed by atoms with Gasteiger partial charge in [-0.2, -0.15) is 0 Å². The molecule has 0 aromatic carbocycles. The second-order valence-electron chi connectivity index (χ2n) is 4.92. The topological polar surface area (TPSA) is 48.4 Å². The maximum Gasteiger partial charge on any atom is 0.130 e. The Labute approximate surface area is 109 Å². The molecule has 1 aromatic rings. The van der Waals surface area contributed by atoms with Crippen LogP contribution < -0.4 is 5.32 Å². The number of aliphatic hydroxyl groups excluding tert-OH is 1. The van der Waals surface area contributed by atoms with Gasteiger partial charge in [-0.3, -0.25) is 4.90 Å². The van der Waals surface area contributed by atoms with E-state index in [-0.39, 0.29) is 6.61 Å². The molecule has 0 saturated carbocycles. The van der Waals surface area contributed by atoms with E-state index in [9.17, 15) is 5.11 Å². The summed E-state index contributed by atoms with van der Waals surface area (Å²) < 4.78 is 0. The molecule has 18 heavy (non-hydrogen) atoms. The smallest absolute Gasteiger partial charge is 0.130 e. The molecule has 0 amide bonds. The summed E-state index contributed by atoms with van der Waals surface area (Å²) in [7, 11) is 1.90. The van der Waals surface area contributed by atoms with Crippen LogP contribution in [0.15, 0.2) is 18.3 Å². The number of aromatic nitrogens is 1. The number of hydrogen-bond acceptors (Lipinski definition) is 4. The highest BCUT2D eigenvalue weighted by atomic mass is 16.3. The molecule has 2 rings (SSSR count). The van der Waals surface area contributed by atoms with Crippen LogP contribution in [0.2, 0.25) is 0 Å². The van der Waals surface area contributed by atoms with Gasteiger partial charge in [0.25, 0.3) is 0 Å². The molecule has 1 fully saturated rings. The molecule has 4 heteroatoms. The van der Waals surface area contributed by atoms with Crippen LogP contribution in [0.3, 0.4) is 0 Å². The quantitative estimate of drug-likeness (QED) is 0.855. The lowest BCUT2D eigenvalue weighted by molar-refractivity contribution is 0.118. The Morgan fingerprint density at radius 3 is 3.11 bits per heavy atom. The summed E-state index contributed by atoms with van der Waals surface area (Å²) in [6.45, 7) is 2.20. The zero-order valence-corrected chi connectivity index (χ0v) is 11.1. The van der Waals surface area contributed by atoms with Crippen molar-refractivity contribution in [2.75, 3.05) is 25.5 Å². The van der Waals surface area contributed by atoms with Crippen LogP contribution in [-0.4, -0.2) is 41.2 Å². The van der Waals surface area contributed by atoms with Crippen LogP contribution in [0.1, 0.15) is 31.2 Å². The zero-order valence-electron chi connectivity index (χ0n) is 11.1.